The lowest BCUT2D eigenvalue weighted by atomic mass is 9.84. The Balaban J connectivity index is 2.18. The minimum Gasteiger partial charge on any atom is -0.460 e. The quantitative estimate of drug-likeness (QED) is 0.466. The molecule has 0 N–H and O–H groups in total. The smallest absolute Gasteiger partial charge is 0.375 e. The fourth-order valence-corrected chi connectivity index (χ4v) is 2.84. The van der Waals surface area contributed by atoms with E-state index in [1.807, 2.05) is 5.38 Å². The highest BCUT2D eigenvalue weighted by Gasteiger charge is 2.37. The van der Waals surface area contributed by atoms with E-state index in [9.17, 15) is 14.4 Å². The monoisotopic (exact) mass is 252 g/mol. The molecule has 5 heteroatoms. The third-order valence-corrected chi connectivity index (χ3v) is 3.76. The molecular formula is C12H12O4S. The molecular weight excluding hydrogens is 240 g/mol. The van der Waals surface area contributed by atoms with Crippen LogP contribution in [0.2, 0.25) is 0 Å². The maximum atomic E-state index is 12.0. The second-order valence-electron chi connectivity index (χ2n) is 3.80. The third kappa shape index (κ3) is 2.15. The summed E-state index contributed by atoms with van der Waals surface area (Å²) in [5, 5.41) is 1.83. The van der Waals surface area contributed by atoms with E-state index < -0.39 is 17.7 Å². The van der Waals surface area contributed by atoms with Crippen molar-refractivity contribution in [2.75, 3.05) is 6.61 Å². The summed E-state index contributed by atoms with van der Waals surface area (Å²) in [6.45, 7) is 1.78. The highest BCUT2D eigenvalue weighted by Crippen LogP contribution is 2.30. The van der Waals surface area contributed by atoms with E-state index in [1.165, 1.54) is 11.3 Å². The van der Waals surface area contributed by atoms with Gasteiger partial charge >= 0.3 is 5.97 Å². The predicted octanol–water partition coefficient (Wildman–Crippen LogP) is 1.63. The summed E-state index contributed by atoms with van der Waals surface area (Å²) in [6.07, 6.45) is 1.08. The van der Waals surface area contributed by atoms with Crippen molar-refractivity contribution in [3.8, 4) is 0 Å². The van der Waals surface area contributed by atoms with Crippen LogP contribution in [0.15, 0.2) is 11.4 Å². The first-order valence-corrected chi connectivity index (χ1v) is 6.34. The SMILES string of the molecule is CCOC(=O)C(=O)[C@@H]1CCc2sccc2C1=O. The van der Waals surface area contributed by atoms with Crippen molar-refractivity contribution in [1.29, 1.82) is 0 Å². The van der Waals surface area contributed by atoms with Gasteiger partial charge in [-0.25, -0.2) is 4.79 Å². The van der Waals surface area contributed by atoms with Crippen LogP contribution in [0.5, 0.6) is 0 Å². The minimum absolute atomic E-state index is 0.148. The standard InChI is InChI=1S/C12H12O4S/c1-2-16-12(15)11(14)8-3-4-9-7(10(8)13)5-6-17-9/h5-6,8H,2-4H2,1H3/t8-/m1/s1. The molecule has 1 heterocycles. The molecule has 0 spiro atoms. The predicted molar refractivity (Wildman–Crippen MR) is 62.1 cm³/mol. The Morgan fingerprint density at radius 2 is 2.29 bits per heavy atom. The number of ketones is 2. The lowest BCUT2D eigenvalue weighted by molar-refractivity contribution is -0.154. The molecule has 0 unspecified atom stereocenters. The Bertz CT molecular complexity index is 475. The van der Waals surface area contributed by atoms with Gasteiger partial charge in [-0.05, 0) is 31.2 Å². The Hall–Kier alpha value is -1.49. The highest BCUT2D eigenvalue weighted by molar-refractivity contribution is 7.10. The molecule has 0 amide bonds. The Labute approximate surface area is 103 Å². The second-order valence-corrected chi connectivity index (χ2v) is 4.80. The fraction of sp³-hybridized carbons (Fsp3) is 0.417. The zero-order valence-corrected chi connectivity index (χ0v) is 10.2. The number of hydrogen-bond acceptors (Lipinski definition) is 5. The average molecular weight is 252 g/mol. The van der Waals surface area contributed by atoms with Gasteiger partial charge in [0, 0.05) is 10.4 Å². The lowest BCUT2D eigenvalue weighted by Crippen LogP contribution is -2.34. The fourth-order valence-electron chi connectivity index (χ4n) is 1.94. The number of carbonyl (C=O) groups excluding carboxylic acids is 3. The number of Topliss-reactive ketones (excluding diaryl/α,β-unsaturated/α-hetero) is 2. The zero-order valence-electron chi connectivity index (χ0n) is 9.39. The van der Waals surface area contributed by atoms with Gasteiger partial charge in [-0.3, -0.25) is 9.59 Å². The topological polar surface area (TPSA) is 60.4 Å². The van der Waals surface area contributed by atoms with E-state index in [-0.39, 0.29) is 12.4 Å². The number of thiophene rings is 1. The van der Waals surface area contributed by atoms with Gasteiger partial charge in [0.1, 0.15) is 0 Å². The van der Waals surface area contributed by atoms with Crippen LogP contribution in [-0.4, -0.2) is 24.1 Å². The van der Waals surface area contributed by atoms with Crippen LogP contribution in [0.4, 0.5) is 0 Å². The molecule has 90 valence electrons. The summed E-state index contributed by atoms with van der Waals surface area (Å²) in [5.74, 6) is -2.71. The van der Waals surface area contributed by atoms with Crippen molar-refractivity contribution in [1.82, 2.24) is 0 Å². The van der Waals surface area contributed by atoms with E-state index in [2.05, 4.69) is 4.74 Å². The van der Waals surface area contributed by atoms with E-state index in [1.54, 1.807) is 13.0 Å². The van der Waals surface area contributed by atoms with Gasteiger partial charge in [0.15, 0.2) is 5.78 Å². The molecule has 0 bridgehead atoms. The molecule has 0 fully saturated rings. The van der Waals surface area contributed by atoms with Crippen LogP contribution < -0.4 is 0 Å². The number of esters is 1. The van der Waals surface area contributed by atoms with Crippen LogP contribution in [-0.2, 0) is 20.7 Å². The van der Waals surface area contributed by atoms with E-state index in [0.717, 1.165) is 4.88 Å². The molecule has 0 saturated heterocycles. The van der Waals surface area contributed by atoms with Crippen molar-refractivity contribution < 1.29 is 19.1 Å². The van der Waals surface area contributed by atoms with Crippen LogP contribution in [0.3, 0.4) is 0 Å². The van der Waals surface area contributed by atoms with E-state index in [0.29, 0.717) is 18.4 Å². The average Bonchev–Trinajstić information content (AvgIpc) is 2.78. The van der Waals surface area contributed by atoms with E-state index in [4.69, 9.17) is 0 Å². The van der Waals surface area contributed by atoms with Gasteiger partial charge in [-0.2, -0.15) is 0 Å². The molecule has 1 aromatic rings. The van der Waals surface area contributed by atoms with Crippen molar-refractivity contribution in [3.63, 3.8) is 0 Å². The number of hydrogen-bond donors (Lipinski definition) is 0. The summed E-state index contributed by atoms with van der Waals surface area (Å²) in [7, 11) is 0. The van der Waals surface area contributed by atoms with Crippen molar-refractivity contribution in [3.05, 3.63) is 21.9 Å². The molecule has 17 heavy (non-hydrogen) atoms. The number of rotatable bonds is 3. The normalized spacial score (nSPS) is 18.6. The molecule has 1 aliphatic rings. The lowest BCUT2D eigenvalue weighted by Gasteiger charge is -2.18. The van der Waals surface area contributed by atoms with Gasteiger partial charge < -0.3 is 4.74 Å². The van der Waals surface area contributed by atoms with Crippen LogP contribution >= 0.6 is 11.3 Å². The Morgan fingerprint density at radius 3 is 3.00 bits per heavy atom. The summed E-state index contributed by atoms with van der Waals surface area (Å²) in [4.78, 5) is 36.1. The number of carbonyl (C=O) groups is 3. The molecule has 0 aromatic carbocycles. The molecule has 1 aromatic heterocycles. The van der Waals surface area contributed by atoms with Gasteiger partial charge in [0.25, 0.3) is 5.78 Å². The molecule has 0 saturated carbocycles. The molecule has 2 rings (SSSR count). The second kappa shape index (κ2) is 4.79. The number of fused-ring (bicyclic) bond motifs is 1. The maximum absolute atomic E-state index is 12.0. The van der Waals surface area contributed by atoms with Gasteiger partial charge in [-0.15, -0.1) is 11.3 Å². The highest BCUT2D eigenvalue weighted by atomic mass is 32.1. The van der Waals surface area contributed by atoms with Gasteiger partial charge in [-0.1, -0.05) is 0 Å². The summed E-state index contributed by atoms with van der Waals surface area (Å²) >= 11 is 1.51. The van der Waals surface area contributed by atoms with Crippen LogP contribution in [0.25, 0.3) is 0 Å². The molecule has 0 aliphatic heterocycles. The van der Waals surface area contributed by atoms with Gasteiger partial charge in [0.2, 0.25) is 0 Å². The third-order valence-electron chi connectivity index (χ3n) is 2.78. The Kier molecular flexibility index (Phi) is 3.38. The van der Waals surface area contributed by atoms with Crippen molar-refractivity contribution >= 4 is 28.9 Å². The van der Waals surface area contributed by atoms with Crippen LogP contribution in [0, 0.1) is 5.92 Å². The van der Waals surface area contributed by atoms with Crippen molar-refractivity contribution in [2.24, 2.45) is 5.92 Å². The molecule has 1 aliphatic carbocycles. The molecule has 0 radical (unpaired) electrons. The first-order chi connectivity index (χ1) is 8.15. The number of ether oxygens (including phenoxy) is 1. The minimum atomic E-state index is -0.899. The van der Waals surface area contributed by atoms with Crippen LogP contribution in [0.1, 0.15) is 28.6 Å². The zero-order chi connectivity index (χ0) is 12.4. The summed E-state index contributed by atoms with van der Waals surface area (Å²) < 4.78 is 4.64. The largest absolute Gasteiger partial charge is 0.460 e. The number of aryl methyl sites for hydroxylation is 1. The van der Waals surface area contributed by atoms with Gasteiger partial charge in [0.05, 0.1) is 12.5 Å². The maximum Gasteiger partial charge on any atom is 0.375 e. The molecule has 1 atom stereocenters. The molecule has 4 nitrogen and oxygen atoms in total. The summed E-state index contributed by atoms with van der Waals surface area (Å²) in [6, 6.07) is 1.72. The first kappa shape index (κ1) is 12.0. The van der Waals surface area contributed by atoms with E-state index >= 15 is 0 Å². The summed E-state index contributed by atoms with van der Waals surface area (Å²) in [5.41, 5.74) is 0.587. The van der Waals surface area contributed by atoms with Crippen molar-refractivity contribution in [2.45, 2.75) is 19.8 Å². The Morgan fingerprint density at radius 1 is 1.53 bits per heavy atom. The first-order valence-electron chi connectivity index (χ1n) is 5.46.